The quantitative estimate of drug-likeness (QED) is 0.188. The highest BCUT2D eigenvalue weighted by molar-refractivity contribution is 5.82. The first-order chi connectivity index (χ1) is 6.16. The molecule has 5 N–H and O–H groups in total. The zero-order chi connectivity index (χ0) is 10.1. The Kier molecular flexibility index (Phi) is 6.85. The molecule has 0 aromatic carbocycles. The summed E-state index contributed by atoms with van der Waals surface area (Å²) in [5.41, 5.74) is 7.21. The fraction of sp³-hybridized carbons (Fsp3) is 0.714. The van der Waals surface area contributed by atoms with Crippen molar-refractivity contribution in [1.29, 1.82) is 0 Å². The fourth-order valence-electron chi connectivity index (χ4n) is 0.748. The van der Waals surface area contributed by atoms with Crippen molar-refractivity contribution in [2.45, 2.75) is 19.3 Å². The second-order valence-electron chi connectivity index (χ2n) is 2.56. The molecule has 0 aliphatic rings. The van der Waals surface area contributed by atoms with Gasteiger partial charge in [-0.05, 0) is 12.8 Å². The minimum atomic E-state index is -0.797. The van der Waals surface area contributed by atoms with E-state index in [9.17, 15) is 4.79 Å². The molecule has 0 heterocycles. The molecule has 0 saturated carbocycles. The molecule has 0 aromatic rings. The first-order valence-electron chi connectivity index (χ1n) is 4.04. The summed E-state index contributed by atoms with van der Waals surface area (Å²) < 4.78 is 0. The predicted octanol–water partition coefficient (Wildman–Crippen LogP) is -0.423. The molecule has 0 saturated heterocycles. The molecule has 0 bridgehead atoms. The third kappa shape index (κ3) is 8.77. The Morgan fingerprint density at radius 2 is 2.15 bits per heavy atom. The van der Waals surface area contributed by atoms with E-state index in [-0.39, 0.29) is 13.0 Å². The van der Waals surface area contributed by atoms with Gasteiger partial charge in [-0.3, -0.25) is 9.79 Å². The van der Waals surface area contributed by atoms with Crippen molar-refractivity contribution >= 4 is 11.8 Å². The van der Waals surface area contributed by atoms with E-state index in [1.54, 1.807) is 0 Å². The molecule has 6 heteroatoms. The maximum atomic E-state index is 10.1. The number of nitrogens with one attached hydrogen (secondary N) is 1. The van der Waals surface area contributed by atoms with Gasteiger partial charge in [-0.25, -0.2) is 0 Å². The number of amidine groups is 1. The van der Waals surface area contributed by atoms with Crippen LogP contribution in [0.3, 0.4) is 0 Å². The first kappa shape index (κ1) is 11.9. The van der Waals surface area contributed by atoms with Crippen molar-refractivity contribution in [3.8, 4) is 0 Å². The van der Waals surface area contributed by atoms with Crippen LogP contribution in [-0.4, -0.2) is 35.2 Å². The summed E-state index contributed by atoms with van der Waals surface area (Å²) in [7, 11) is 0. The number of hydrogen-bond donors (Lipinski definition) is 4. The van der Waals surface area contributed by atoms with Crippen LogP contribution in [0.2, 0.25) is 0 Å². The lowest BCUT2D eigenvalue weighted by Crippen LogP contribution is -2.26. The number of rotatable bonds is 7. The first-order valence-corrected chi connectivity index (χ1v) is 4.04. The molecule has 0 unspecified atom stereocenters. The van der Waals surface area contributed by atoms with E-state index in [4.69, 9.17) is 16.0 Å². The SMILES string of the molecule is NC(CNO)=NCCCCC(=O)O. The van der Waals surface area contributed by atoms with E-state index in [0.717, 1.165) is 0 Å². The summed E-state index contributed by atoms with van der Waals surface area (Å²) in [4.78, 5) is 14.0. The Morgan fingerprint density at radius 1 is 1.46 bits per heavy atom. The van der Waals surface area contributed by atoms with Gasteiger partial charge >= 0.3 is 5.97 Å². The van der Waals surface area contributed by atoms with Gasteiger partial charge in [-0.1, -0.05) is 0 Å². The number of unbranched alkanes of at least 4 members (excludes halogenated alkanes) is 1. The van der Waals surface area contributed by atoms with Gasteiger partial charge in [0.1, 0.15) is 5.84 Å². The zero-order valence-electron chi connectivity index (χ0n) is 7.36. The minimum absolute atomic E-state index is 0.138. The lowest BCUT2D eigenvalue weighted by Gasteiger charge is -1.98. The highest BCUT2D eigenvalue weighted by atomic mass is 16.5. The molecule has 0 radical (unpaired) electrons. The number of nitrogens with zero attached hydrogens (tertiary/aromatic N) is 1. The number of aliphatic imine (C=N–C) groups is 1. The third-order valence-electron chi connectivity index (χ3n) is 1.37. The van der Waals surface area contributed by atoms with Gasteiger partial charge in [0.05, 0.1) is 6.54 Å². The Hall–Kier alpha value is -1.14. The summed E-state index contributed by atoms with van der Waals surface area (Å²) in [6.45, 7) is 0.639. The van der Waals surface area contributed by atoms with Crippen LogP contribution in [-0.2, 0) is 4.79 Å². The standard InChI is InChI=1S/C7H15N3O3/c8-6(5-10-13)9-4-2-1-3-7(11)12/h10,13H,1-5H2,(H2,8,9)(H,11,12). The van der Waals surface area contributed by atoms with Crippen molar-refractivity contribution in [1.82, 2.24) is 5.48 Å². The zero-order valence-corrected chi connectivity index (χ0v) is 7.36. The number of hydrogen-bond acceptors (Lipinski definition) is 4. The van der Waals surface area contributed by atoms with Crippen LogP contribution in [0.4, 0.5) is 0 Å². The van der Waals surface area contributed by atoms with Crippen LogP contribution in [0.1, 0.15) is 19.3 Å². The molecule has 0 amide bonds. The topological polar surface area (TPSA) is 108 Å². The molecule has 0 spiro atoms. The van der Waals surface area contributed by atoms with Crippen LogP contribution < -0.4 is 11.2 Å². The number of nitrogens with two attached hydrogens (primary N) is 1. The van der Waals surface area contributed by atoms with E-state index < -0.39 is 5.97 Å². The summed E-state index contributed by atoms with van der Waals surface area (Å²) >= 11 is 0. The lowest BCUT2D eigenvalue weighted by atomic mass is 10.2. The molecule has 6 nitrogen and oxygen atoms in total. The van der Waals surface area contributed by atoms with Crippen LogP contribution in [0.15, 0.2) is 4.99 Å². The third-order valence-corrected chi connectivity index (χ3v) is 1.37. The van der Waals surface area contributed by atoms with Crippen LogP contribution in [0, 0.1) is 0 Å². The number of carboxylic acid groups (broad SMARTS) is 1. The Bertz CT molecular complexity index is 182. The highest BCUT2D eigenvalue weighted by Gasteiger charge is 1.95. The van der Waals surface area contributed by atoms with Crippen molar-refractivity contribution in [2.75, 3.05) is 13.1 Å². The van der Waals surface area contributed by atoms with Crippen LogP contribution in [0.25, 0.3) is 0 Å². The van der Waals surface area contributed by atoms with E-state index in [1.807, 2.05) is 5.48 Å². The largest absolute Gasteiger partial charge is 0.481 e. The minimum Gasteiger partial charge on any atom is -0.481 e. The normalized spacial score (nSPS) is 11.6. The number of carboxylic acids is 1. The summed E-state index contributed by atoms with van der Waals surface area (Å²) in [5.74, 6) is -0.480. The number of hydroxylamine groups is 1. The second kappa shape index (κ2) is 7.51. The smallest absolute Gasteiger partial charge is 0.303 e. The molecular formula is C7H15N3O3. The van der Waals surface area contributed by atoms with Crippen molar-refractivity contribution in [3.63, 3.8) is 0 Å². The molecule has 0 aliphatic heterocycles. The van der Waals surface area contributed by atoms with Crippen LogP contribution >= 0.6 is 0 Å². The van der Waals surface area contributed by atoms with Gasteiger partial charge in [0.25, 0.3) is 0 Å². The van der Waals surface area contributed by atoms with Gasteiger partial charge in [0.15, 0.2) is 0 Å². The second-order valence-corrected chi connectivity index (χ2v) is 2.56. The maximum Gasteiger partial charge on any atom is 0.303 e. The van der Waals surface area contributed by atoms with E-state index >= 15 is 0 Å². The van der Waals surface area contributed by atoms with Gasteiger partial charge in [-0.15, -0.1) is 0 Å². The van der Waals surface area contributed by atoms with Crippen LogP contribution in [0.5, 0.6) is 0 Å². The van der Waals surface area contributed by atoms with E-state index in [2.05, 4.69) is 4.99 Å². The summed E-state index contributed by atoms with van der Waals surface area (Å²) in [6, 6.07) is 0. The van der Waals surface area contributed by atoms with Crippen molar-refractivity contribution in [3.05, 3.63) is 0 Å². The maximum absolute atomic E-state index is 10.1. The highest BCUT2D eigenvalue weighted by Crippen LogP contribution is 1.94. The monoisotopic (exact) mass is 189 g/mol. The molecule has 76 valence electrons. The number of aliphatic carboxylic acids is 1. The molecule has 0 aromatic heterocycles. The van der Waals surface area contributed by atoms with Gasteiger partial charge in [-0.2, -0.15) is 5.48 Å². The molecule has 0 aliphatic carbocycles. The Labute approximate surface area is 76.4 Å². The van der Waals surface area contributed by atoms with Gasteiger partial charge in [0, 0.05) is 13.0 Å². The van der Waals surface area contributed by atoms with Crippen molar-refractivity contribution < 1.29 is 15.1 Å². The predicted molar refractivity (Wildman–Crippen MR) is 47.8 cm³/mol. The number of carbonyl (C=O) groups is 1. The summed E-state index contributed by atoms with van der Waals surface area (Å²) in [5, 5.41) is 16.5. The molecule has 0 fully saturated rings. The van der Waals surface area contributed by atoms with Gasteiger partial charge < -0.3 is 16.0 Å². The summed E-state index contributed by atoms with van der Waals surface area (Å²) in [6.07, 6.45) is 1.45. The Morgan fingerprint density at radius 3 is 2.69 bits per heavy atom. The lowest BCUT2D eigenvalue weighted by molar-refractivity contribution is -0.137. The van der Waals surface area contributed by atoms with Crippen molar-refractivity contribution in [2.24, 2.45) is 10.7 Å². The molecule has 13 heavy (non-hydrogen) atoms. The van der Waals surface area contributed by atoms with Gasteiger partial charge in [0.2, 0.25) is 0 Å². The van der Waals surface area contributed by atoms with E-state index in [1.165, 1.54) is 0 Å². The molecular weight excluding hydrogens is 174 g/mol. The molecule has 0 rings (SSSR count). The average Bonchev–Trinajstić information content (AvgIpc) is 2.03. The van der Waals surface area contributed by atoms with E-state index in [0.29, 0.717) is 25.2 Å². The Balaban J connectivity index is 3.33. The molecule has 0 atom stereocenters. The fourth-order valence-corrected chi connectivity index (χ4v) is 0.748. The average molecular weight is 189 g/mol.